The van der Waals surface area contributed by atoms with E-state index in [-0.39, 0.29) is 0 Å². The predicted octanol–water partition coefficient (Wildman–Crippen LogP) is 3.28. The van der Waals surface area contributed by atoms with Crippen molar-refractivity contribution in [1.82, 2.24) is 0 Å². The lowest BCUT2D eigenvalue weighted by atomic mass is 9.84. The maximum atomic E-state index is 12.8. The molecule has 0 amide bonds. The third-order valence-corrected chi connectivity index (χ3v) is 2.80. The van der Waals surface area contributed by atoms with Crippen LogP contribution in [0.2, 0.25) is 0 Å². The molecule has 0 bridgehead atoms. The Hall–Kier alpha value is -0.960. The van der Waals surface area contributed by atoms with Gasteiger partial charge in [0.1, 0.15) is 0 Å². The van der Waals surface area contributed by atoms with Crippen molar-refractivity contribution >= 4 is 0 Å². The van der Waals surface area contributed by atoms with E-state index in [0.717, 1.165) is 24.8 Å². The van der Waals surface area contributed by atoms with E-state index in [1.54, 1.807) is 6.07 Å². The number of hydrogen-bond acceptors (Lipinski definition) is 1. The standard InChI is InChI=1S/C12H14F2O/c1-8-4-10(5-8)15-7-9-2-3-11(13)12(14)6-9/h2-3,6,8,10H,4-5,7H2,1H3/t8-,10-. The second-order valence-electron chi connectivity index (χ2n) is 4.26. The average Bonchev–Trinajstić information content (AvgIpc) is 2.16. The van der Waals surface area contributed by atoms with Crippen LogP contribution in [0.1, 0.15) is 25.3 Å². The summed E-state index contributed by atoms with van der Waals surface area (Å²) in [5.41, 5.74) is 0.688. The summed E-state index contributed by atoms with van der Waals surface area (Å²) in [6.07, 6.45) is 2.45. The summed E-state index contributed by atoms with van der Waals surface area (Å²) in [6.45, 7) is 2.55. The van der Waals surface area contributed by atoms with Gasteiger partial charge in [0, 0.05) is 0 Å². The molecule has 1 nitrogen and oxygen atoms in total. The smallest absolute Gasteiger partial charge is 0.159 e. The summed E-state index contributed by atoms with van der Waals surface area (Å²) in [4.78, 5) is 0. The molecule has 0 radical (unpaired) electrons. The van der Waals surface area contributed by atoms with Crippen molar-refractivity contribution in [3.05, 3.63) is 35.4 Å². The summed E-state index contributed by atoms with van der Waals surface area (Å²) in [6, 6.07) is 3.88. The first-order chi connectivity index (χ1) is 7.15. The average molecular weight is 212 g/mol. The van der Waals surface area contributed by atoms with Gasteiger partial charge in [-0.05, 0) is 36.5 Å². The van der Waals surface area contributed by atoms with Crippen molar-refractivity contribution in [2.24, 2.45) is 5.92 Å². The first kappa shape index (κ1) is 10.6. The van der Waals surface area contributed by atoms with Crippen LogP contribution in [-0.4, -0.2) is 6.10 Å². The molecule has 2 rings (SSSR count). The molecule has 3 heteroatoms. The highest BCUT2D eigenvalue weighted by Gasteiger charge is 2.25. The normalized spacial score (nSPS) is 25.0. The molecule has 1 fully saturated rings. The Morgan fingerprint density at radius 2 is 2.00 bits per heavy atom. The molecule has 1 aliphatic carbocycles. The fourth-order valence-corrected chi connectivity index (χ4v) is 1.81. The molecule has 0 N–H and O–H groups in total. The fraction of sp³-hybridized carbons (Fsp3) is 0.500. The Morgan fingerprint density at radius 1 is 1.27 bits per heavy atom. The van der Waals surface area contributed by atoms with Crippen LogP contribution in [0.5, 0.6) is 0 Å². The van der Waals surface area contributed by atoms with Crippen molar-refractivity contribution in [3.63, 3.8) is 0 Å². The lowest BCUT2D eigenvalue weighted by molar-refractivity contribution is -0.0353. The molecule has 0 unspecified atom stereocenters. The van der Waals surface area contributed by atoms with E-state index in [2.05, 4.69) is 6.92 Å². The Bertz CT molecular complexity index is 345. The second kappa shape index (κ2) is 4.27. The monoisotopic (exact) mass is 212 g/mol. The molecular weight excluding hydrogens is 198 g/mol. The molecule has 82 valence electrons. The minimum absolute atomic E-state index is 0.299. The summed E-state index contributed by atoms with van der Waals surface area (Å²) < 4.78 is 31.0. The molecule has 0 atom stereocenters. The lowest BCUT2D eigenvalue weighted by Gasteiger charge is -2.32. The van der Waals surface area contributed by atoms with Crippen molar-refractivity contribution in [2.45, 2.75) is 32.5 Å². The molecule has 1 aromatic rings. The van der Waals surface area contributed by atoms with E-state index in [1.165, 1.54) is 6.07 Å². The molecule has 15 heavy (non-hydrogen) atoms. The minimum atomic E-state index is -0.809. The van der Waals surface area contributed by atoms with E-state index in [9.17, 15) is 8.78 Å². The van der Waals surface area contributed by atoms with Gasteiger partial charge in [-0.25, -0.2) is 8.78 Å². The fourth-order valence-electron chi connectivity index (χ4n) is 1.81. The zero-order chi connectivity index (χ0) is 10.8. The van der Waals surface area contributed by atoms with Crippen LogP contribution in [0.4, 0.5) is 8.78 Å². The quantitative estimate of drug-likeness (QED) is 0.747. The van der Waals surface area contributed by atoms with Crippen LogP contribution in [0, 0.1) is 17.6 Å². The Kier molecular flexibility index (Phi) is 3.00. The van der Waals surface area contributed by atoms with Gasteiger partial charge in [0.05, 0.1) is 12.7 Å². The number of halogens is 2. The van der Waals surface area contributed by atoms with Gasteiger partial charge >= 0.3 is 0 Å². The molecule has 0 aliphatic heterocycles. The largest absolute Gasteiger partial charge is 0.374 e. The molecular formula is C12H14F2O. The summed E-state index contributed by atoms with van der Waals surface area (Å²) in [7, 11) is 0. The van der Waals surface area contributed by atoms with Crippen molar-refractivity contribution < 1.29 is 13.5 Å². The van der Waals surface area contributed by atoms with Crippen molar-refractivity contribution in [2.75, 3.05) is 0 Å². The molecule has 1 saturated carbocycles. The van der Waals surface area contributed by atoms with Gasteiger partial charge in [-0.15, -0.1) is 0 Å². The van der Waals surface area contributed by atoms with E-state index in [4.69, 9.17) is 4.74 Å². The van der Waals surface area contributed by atoms with Gasteiger partial charge in [0.25, 0.3) is 0 Å². The van der Waals surface area contributed by atoms with Crippen LogP contribution in [-0.2, 0) is 11.3 Å². The van der Waals surface area contributed by atoms with Gasteiger partial charge in [-0.1, -0.05) is 13.0 Å². The van der Waals surface area contributed by atoms with Crippen molar-refractivity contribution in [1.29, 1.82) is 0 Å². The van der Waals surface area contributed by atoms with E-state index in [0.29, 0.717) is 18.3 Å². The zero-order valence-electron chi connectivity index (χ0n) is 8.67. The maximum Gasteiger partial charge on any atom is 0.159 e. The number of benzene rings is 1. The molecule has 1 aliphatic rings. The third kappa shape index (κ3) is 2.53. The van der Waals surface area contributed by atoms with Gasteiger partial charge in [0.15, 0.2) is 11.6 Å². The van der Waals surface area contributed by atoms with E-state index >= 15 is 0 Å². The minimum Gasteiger partial charge on any atom is -0.374 e. The van der Waals surface area contributed by atoms with Crippen LogP contribution in [0.25, 0.3) is 0 Å². The van der Waals surface area contributed by atoms with Crippen molar-refractivity contribution in [3.8, 4) is 0 Å². The summed E-state index contributed by atoms with van der Waals surface area (Å²) in [5.74, 6) is -0.881. The summed E-state index contributed by atoms with van der Waals surface area (Å²) >= 11 is 0. The highest BCUT2D eigenvalue weighted by Crippen LogP contribution is 2.29. The molecule has 1 aromatic carbocycles. The Balaban J connectivity index is 1.86. The number of rotatable bonds is 3. The van der Waals surface area contributed by atoms with E-state index < -0.39 is 11.6 Å². The second-order valence-corrected chi connectivity index (χ2v) is 4.26. The predicted molar refractivity (Wildman–Crippen MR) is 53.3 cm³/mol. The first-order valence-corrected chi connectivity index (χ1v) is 5.20. The molecule has 0 saturated heterocycles. The number of hydrogen-bond donors (Lipinski definition) is 0. The SMILES string of the molecule is C[C@H]1C[C@H](OCc2ccc(F)c(F)c2)C1. The Morgan fingerprint density at radius 3 is 2.60 bits per heavy atom. The van der Waals surface area contributed by atoms with Gasteiger partial charge in [-0.2, -0.15) is 0 Å². The molecule has 0 spiro atoms. The topological polar surface area (TPSA) is 9.23 Å². The third-order valence-electron chi connectivity index (χ3n) is 2.80. The van der Waals surface area contributed by atoms with Gasteiger partial charge < -0.3 is 4.74 Å². The molecule has 0 heterocycles. The van der Waals surface area contributed by atoms with Gasteiger partial charge in [-0.3, -0.25) is 0 Å². The maximum absolute atomic E-state index is 12.8. The highest BCUT2D eigenvalue weighted by molar-refractivity contribution is 5.16. The summed E-state index contributed by atoms with van der Waals surface area (Å²) in [5, 5.41) is 0. The van der Waals surface area contributed by atoms with E-state index in [1.807, 2.05) is 0 Å². The highest BCUT2D eigenvalue weighted by atomic mass is 19.2. The van der Waals surface area contributed by atoms with Gasteiger partial charge in [0.2, 0.25) is 0 Å². The number of ether oxygens (including phenoxy) is 1. The molecule has 0 aromatic heterocycles. The zero-order valence-corrected chi connectivity index (χ0v) is 8.67. The van der Waals surface area contributed by atoms with Crippen LogP contribution in [0.3, 0.4) is 0 Å². The lowest BCUT2D eigenvalue weighted by Crippen LogP contribution is -2.29. The van der Waals surface area contributed by atoms with Crippen LogP contribution >= 0.6 is 0 Å². The van der Waals surface area contributed by atoms with Crippen LogP contribution < -0.4 is 0 Å². The first-order valence-electron chi connectivity index (χ1n) is 5.20. The van der Waals surface area contributed by atoms with Crippen LogP contribution in [0.15, 0.2) is 18.2 Å². The Labute approximate surface area is 88.1 Å².